The van der Waals surface area contributed by atoms with Gasteiger partial charge in [-0.1, -0.05) is 30.3 Å². The van der Waals surface area contributed by atoms with Gasteiger partial charge in [-0.05, 0) is 31.0 Å². The standard InChI is InChI=1S/C18H20N2O4/c1-13-8-9-15(17(19-13)24-2)18(23)20(12-16(21)22)11-10-14-6-4-3-5-7-14/h3-9H,10-12H2,1-2H3,(H,21,22). The first kappa shape index (κ1) is 17.5. The molecule has 0 spiro atoms. The molecule has 0 saturated heterocycles. The highest BCUT2D eigenvalue weighted by molar-refractivity contribution is 5.97. The number of aromatic nitrogens is 1. The molecule has 6 heteroatoms. The van der Waals surface area contributed by atoms with E-state index in [2.05, 4.69) is 4.98 Å². The van der Waals surface area contributed by atoms with Crippen LogP contribution in [-0.2, 0) is 11.2 Å². The lowest BCUT2D eigenvalue weighted by atomic mass is 10.1. The molecule has 0 aliphatic heterocycles. The van der Waals surface area contributed by atoms with Crippen molar-refractivity contribution in [3.63, 3.8) is 0 Å². The van der Waals surface area contributed by atoms with Crippen LogP contribution in [0.1, 0.15) is 21.6 Å². The number of pyridine rings is 1. The summed E-state index contributed by atoms with van der Waals surface area (Å²) in [6.45, 7) is 1.72. The van der Waals surface area contributed by atoms with E-state index in [1.807, 2.05) is 30.3 Å². The second-order valence-electron chi connectivity index (χ2n) is 5.37. The van der Waals surface area contributed by atoms with E-state index in [-0.39, 0.29) is 18.0 Å². The number of aryl methyl sites for hydroxylation is 1. The molecule has 0 aliphatic rings. The van der Waals surface area contributed by atoms with Crippen molar-refractivity contribution in [2.75, 3.05) is 20.2 Å². The lowest BCUT2D eigenvalue weighted by Gasteiger charge is -2.21. The molecule has 2 aromatic rings. The summed E-state index contributed by atoms with van der Waals surface area (Å²) in [7, 11) is 1.43. The molecule has 1 N–H and O–H groups in total. The number of benzene rings is 1. The number of hydrogen-bond acceptors (Lipinski definition) is 4. The number of aliphatic carboxylic acids is 1. The molecule has 0 radical (unpaired) electrons. The fraction of sp³-hybridized carbons (Fsp3) is 0.278. The van der Waals surface area contributed by atoms with E-state index >= 15 is 0 Å². The van der Waals surface area contributed by atoms with Crippen molar-refractivity contribution in [2.24, 2.45) is 0 Å². The number of rotatable bonds is 7. The van der Waals surface area contributed by atoms with Gasteiger partial charge in [0.15, 0.2) is 0 Å². The van der Waals surface area contributed by atoms with Crippen LogP contribution in [0.2, 0.25) is 0 Å². The first-order valence-corrected chi connectivity index (χ1v) is 7.58. The van der Waals surface area contributed by atoms with Crippen molar-refractivity contribution in [3.05, 3.63) is 59.3 Å². The van der Waals surface area contributed by atoms with E-state index in [0.717, 1.165) is 11.3 Å². The van der Waals surface area contributed by atoms with Gasteiger partial charge >= 0.3 is 5.97 Å². The number of carbonyl (C=O) groups excluding carboxylic acids is 1. The van der Waals surface area contributed by atoms with Crippen LogP contribution in [0.3, 0.4) is 0 Å². The fourth-order valence-corrected chi connectivity index (χ4v) is 2.35. The second-order valence-corrected chi connectivity index (χ2v) is 5.37. The third-order valence-electron chi connectivity index (χ3n) is 3.55. The third kappa shape index (κ3) is 4.55. The monoisotopic (exact) mass is 328 g/mol. The van der Waals surface area contributed by atoms with E-state index in [0.29, 0.717) is 13.0 Å². The predicted octanol–water partition coefficient (Wildman–Crippen LogP) is 2.17. The summed E-state index contributed by atoms with van der Waals surface area (Å²) < 4.78 is 5.16. The molecule has 0 atom stereocenters. The number of amides is 1. The summed E-state index contributed by atoms with van der Waals surface area (Å²) in [4.78, 5) is 29.3. The summed E-state index contributed by atoms with van der Waals surface area (Å²) in [5, 5.41) is 9.11. The molecular formula is C18H20N2O4. The van der Waals surface area contributed by atoms with E-state index in [1.54, 1.807) is 19.1 Å². The van der Waals surface area contributed by atoms with E-state index in [9.17, 15) is 9.59 Å². The number of hydrogen-bond donors (Lipinski definition) is 1. The third-order valence-corrected chi connectivity index (χ3v) is 3.55. The average Bonchev–Trinajstić information content (AvgIpc) is 2.58. The quantitative estimate of drug-likeness (QED) is 0.842. The van der Waals surface area contributed by atoms with Gasteiger partial charge in [-0.25, -0.2) is 4.98 Å². The van der Waals surface area contributed by atoms with Crippen LogP contribution in [-0.4, -0.2) is 47.1 Å². The molecule has 0 fully saturated rings. The van der Waals surface area contributed by atoms with E-state index < -0.39 is 11.9 Å². The maximum atomic E-state index is 12.7. The predicted molar refractivity (Wildman–Crippen MR) is 89.2 cm³/mol. The first-order valence-electron chi connectivity index (χ1n) is 7.58. The van der Waals surface area contributed by atoms with Crippen molar-refractivity contribution in [1.29, 1.82) is 0 Å². The van der Waals surface area contributed by atoms with E-state index in [4.69, 9.17) is 9.84 Å². The van der Waals surface area contributed by atoms with Gasteiger partial charge in [-0.3, -0.25) is 9.59 Å². The largest absolute Gasteiger partial charge is 0.480 e. The fourth-order valence-electron chi connectivity index (χ4n) is 2.35. The molecule has 0 aliphatic carbocycles. The maximum Gasteiger partial charge on any atom is 0.323 e. The van der Waals surface area contributed by atoms with Crippen molar-refractivity contribution in [2.45, 2.75) is 13.3 Å². The van der Waals surface area contributed by atoms with Gasteiger partial charge in [0.2, 0.25) is 5.88 Å². The molecule has 1 aromatic carbocycles. The van der Waals surface area contributed by atoms with Crippen molar-refractivity contribution in [3.8, 4) is 5.88 Å². The van der Waals surface area contributed by atoms with Crippen LogP contribution in [0, 0.1) is 6.92 Å². The Morgan fingerprint density at radius 2 is 1.88 bits per heavy atom. The van der Waals surface area contributed by atoms with Gasteiger partial charge in [-0.15, -0.1) is 0 Å². The smallest absolute Gasteiger partial charge is 0.323 e. The van der Waals surface area contributed by atoms with Gasteiger partial charge in [0.05, 0.1) is 7.11 Å². The zero-order valence-corrected chi connectivity index (χ0v) is 13.7. The molecular weight excluding hydrogens is 308 g/mol. The van der Waals surface area contributed by atoms with Gasteiger partial charge in [0.1, 0.15) is 12.1 Å². The molecule has 0 bridgehead atoms. The van der Waals surface area contributed by atoms with Gasteiger partial charge in [0.25, 0.3) is 5.91 Å². The maximum absolute atomic E-state index is 12.7. The van der Waals surface area contributed by atoms with Crippen LogP contribution >= 0.6 is 0 Å². The van der Waals surface area contributed by atoms with Crippen molar-refractivity contribution < 1.29 is 19.4 Å². The van der Waals surface area contributed by atoms with E-state index in [1.165, 1.54) is 12.0 Å². The topological polar surface area (TPSA) is 79.7 Å². The van der Waals surface area contributed by atoms with Crippen molar-refractivity contribution >= 4 is 11.9 Å². The molecule has 24 heavy (non-hydrogen) atoms. The van der Waals surface area contributed by atoms with Crippen LogP contribution in [0.25, 0.3) is 0 Å². The Morgan fingerprint density at radius 3 is 2.50 bits per heavy atom. The highest BCUT2D eigenvalue weighted by Crippen LogP contribution is 2.18. The number of nitrogens with zero attached hydrogens (tertiary/aromatic N) is 2. The van der Waals surface area contributed by atoms with Gasteiger partial charge < -0.3 is 14.7 Å². The van der Waals surface area contributed by atoms with Crippen LogP contribution < -0.4 is 4.74 Å². The molecule has 1 amide bonds. The minimum absolute atomic E-state index is 0.204. The molecule has 6 nitrogen and oxygen atoms in total. The minimum Gasteiger partial charge on any atom is -0.480 e. The Hall–Kier alpha value is -2.89. The Labute approximate surface area is 140 Å². The summed E-state index contributed by atoms with van der Waals surface area (Å²) in [6, 6.07) is 12.9. The SMILES string of the molecule is COc1nc(C)ccc1C(=O)N(CCc1ccccc1)CC(=O)O. The number of methoxy groups -OCH3 is 1. The molecule has 126 valence electrons. The van der Waals surface area contributed by atoms with Crippen LogP contribution in [0.15, 0.2) is 42.5 Å². The van der Waals surface area contributed by atoms with Crippen molar-refractivity contribution in [1.82, 2.24) is 9.88 Å². The zero-order valence-electron chi connectivity index (χ0n) is 13.7. The number of ether oxygens (including phenoxy) is 1. The summed E-state index contributed by atoms with van der Waals surface area (Å²) in [5.74, 6) is -1.26. The molecule has 1 heterocycles. The summed E-state index contributed by atoms with van der Waals surface area (Å²) >= 11 is 0. The molecule has 1 aromatic heterocycles. The summed E-state index contributed by atoms with van der Waals surface area (Å²) in [6.07, 6.45) is 0.571. The normalized spacial score (nSPS) is 10.2. The molecule has 2 rings (SSSR count). The molecule has 0 saturated carbocycles. The Balaban J connectivity index is 2.20. The highest BCUT2D eigenvalue weighted by atomic mass is 16.5. The highest BCUT2D eigenvalue weighted by Gasteiger charge is 2.22. The van der Waals surface area contributed by atoms with Gasteiger partial charge in [0, 0.05) is 12.2 Å². The Kier molecular flexibility index (Phi) is 5.89. The number of carboxylic acid groups (broad SMARTS) is 1. The number of carbonyl (C=O) groups is 2. The second kappa shape index (κ2) is 8.10. The Bertz CT molecular complexity index is 716. The number of carboxylic acids is 1. The molecule has 0 unspecified atom stereocenters. The lowest BCUT2D eigenvalue weighted by molar-refractivity contribution is -0.137. The first-order chi connectivity index (χ1) is 11.5. The average molecular weight is 328 g/mol. The zero-order chi connectivity index (χ0) is 17.5. The van der Waals surface area contributed by atoms with Gasteiger partial charge in [-0.2, -0.15) is 0 Å². The minimum atomic E-state index is -1.06. The van der Waals surface area contributed by atoms with Crippen LogP contribution in [0.4, 0.5) is 0 Å². The Morgan fingerprint density at radius 1 is 1.17 bits per heavy atom. The summed E-state index contributed by atoms with van der Waals surface area (Å²) in [5.41, 5.74) is 2.02. The lowest BCUT2D eigenvalue weighted by Crippen LogP contribution is -2.37. The van der Waals surface area contributed by atoms with Crippen LogP contribution in [0.5, 0.6) is 5.88 Å².